The third-order valence-electron chi connectivity index (χ3n) is 0.888. The number of aliphatic imine (C=N–C) groups is 1. The fourth-order valence-electron chi connectivity index (χ4n) is 0.407. The predicted octanol–water partition coefficient (Wildman–Crippen LogP) is 0.171. The van der Waals surface area contributed by atoms with Crippen molar-refractivity contribution >= 4 is 12.1 Å². The minimum absolute atomic E-state index is 0.0613. The maximum atomic E-state index is 10.4. The zero-order chi connectivity index (χ0) is 11.2. The third-order valence-corrected chi connectivity index (χ3v) is 0.888. The van der Waals surface area contributed by atoms with Crippen molar-refractivity contribution in [3.63, 3.8) is 0 Å². The number of amides is 2. The Labute approximate surface area is 83.0 Å². The zero-order valence-corrected chi connectivity index (χ0v) is 8.33. The summed E-state index contributed by atoms with van der Waals surface area (Å²) in [6, 6.07) is 1.49. The summed E-state index contributed by atoms with van der Waals surface area (Å²) in [6.07, 6.45) is 1.39. The maximum absolute atomic E-state index is 10.4. The molecule has 6 heteroatoms. The van der Waals surface area contributed by atoms with Crippen molar-refractivity contribution in [3.05, 3.63) is 0 Å². The number of hydrogen-bond acceptors (Lipinski definition) is 4. The fourth-order valence-corrected chi connectivity index (χ4v) is 0.407. The van der Waals surface area contributed by atoms with E-state index < -0.39 is 0 Å². The molecular weight excluding hydrogens is 184 g/mol. The molecule has 0 aliphatic carbocycles. The fraction of sp³-hybridized carbons (Fsp3) is 0.625. The molecule has 2 amide bonds. The van der Waals surface area contributed by atoms with E-state index in [0.717, 1.165) is 0 Å². The molecule has 0 bridgehead atoms. The number of nitriles is 1. The molecule has 14 heavy (non-hydrogen) atoms. The van der Waals surface area contributed by atoms with Gasteiger partial charge in [0.1, 0.15) is 6.54 Å². The number of nitrogens with zero attached hydrogens (tertiary/aromatic N) is 2. The van der Waals surface area contributed by atoms with Gasteiger partial charge in [-0.3, -0.25) is 0 Å². The van der Waals surface area contributed by atoms with Crippen LogP contribution in [0.25, 0.3) is 0 Å². The van der Waals surface area contributed by atoms with E-state index in [2.05, 4.69) is 15.6 Å². The van der Waals surface area contributed by atoms with Crippen molar-refractivity contribution in [3.8, 4) is 6.07 Å². The van der Waals surface area contributed by atoms with Crippen LogP contribution in [0.15, 0.2) is 4.99 Å². The molecule has 0 aromatic carbocycles. The molecule has 0 saturated carbocycles. The van der Waals surface area contributed by atoms with Gasteiger partial charge in [-0.2, -0.15) is 5.26 Å². The van der Waals surface area contributed by atoms with Gasteiger partial charge in [0.15, 0.2) is 0 Å². The first-order valence-corrected chi connectivity index (χ1v) is 4.15. The summed E-state index contributed by atoms with van der Waals surface area (Å²) in [6.45, 7) is 4.78. The Morgan fingerprint density at radius 1 is 1.43 bits per heavy atom. The van der Waals surface area contributed by atoms with Crippen LogP contribution in [-0.2, 0) is 4.79 Å². The molecule has 0 fully saturated rings. The first-order chi connectivity index (χ1) is 6.72. The van der Waals surface area contributed by atoms with E-state index in [4.69, 9.17) is 10.1 Å². The molecule has 0 atom stereocenters. The van der Waals surface area contributed by atoms with Crippen LogP contribution in [0.3, 0.4) is 0 Å². The molecular formula is C8H14N4O2. The molecule has 0 aliphatic rings. The van der Waals surface area contributed by atoms with Gasteiger partial charge >= 0.3 is 6.03 Å². The Hall–Kier alpha value is -1.86. The molecule has 0 saturated heterocycles. The van der Waals surface area contributed by atoms with Gasteiger partial charge in [-0.05, 0) is 13.8 Å². The number of urea groups is 1. The number of carbonyl (C=O) groups excluding carboxylic acids is 2. The van der Waals surface area contributed by atoms with E-state index in [1.807, 2.05) is 6.92 Å². The molecule has 0 rings (SSSR count). The van der Waals surface area contributed by atoms with Gasteiger partial charge in [0.25, 0.3) is 0 Å². The smallest absolute Gasteiger partial charge is 0.315 e. The van der Waals surface area contributed by atoms with Crippen molar-refractivity contribution in [2.75, 3.05) is 19.6 Å². The van der Waals surface area contributed by atoms with Crippen molar-refractivity contribution in [2.45, 2.75) is 13.8 Å². The van der Waals surface area contributed by atoms with Crippen molar-refractivity contribution < 1.29 is 9.59 Å². The third kappa shape index (κ3) is 16.6. The highest BCUT2D eigenvalue weighted by molar-refractivity contribution is 5.73. The normalized spacial score (nSPS) is 6.93. The summed E-state index contributed by atoms with van der Waals surface area (Å²) >= 11 is 0. The van der Waals surface area contributed by atoms with E-state index in [-0.39, 0.29) is 12.6 Å². The van der Waals surface area contributed by atoms with Crippen molar-refractivity contribution in [1.29, 1.82) is 5.26 Å². The lowest BCUT2D eigenvalue weighted by atomic mass is 10.7. The van der Waals surface area contributed by atoms with E-state index in [1.54, 1.807) is 13.0 Å². The second-order valence-electron chi connectivity index (χ2n) is 1.94. The lowest BCUT2D eigenvalue weighted by Crippen LogP contribution is -2.35. The highest BCUT2D eigenvalue weighted by Gasteiger charge is 1.92. The number of hydrogen-bond donors (Lipinski definition) is 2. The monoisotopic (exact) mass is 198 g/mol. The quantitative estimate of drug-likeness (QED) is 0.384. The zero-order valence-electron chi connectivity index (χ0n) is 8.33. The standard InChI is InChI=1S/C5H9N3O.C3H5NO/c1-2-7-5(9)8-4-3-6;1-2-4-3-5/h2,4H2,1H3,(H2,7,8,9);2H2,1H3. The molecule has 0 heterocycles. The summed E-state index contributed by atoms with van der Waals surface area (Å²) < 4.78 is 0. The lowest BCUT2D eigenvalue weighted by Gasteiger charge is -1.98. The molecule has 0 aromatic heterocycles. The highest BCUT2D eigenvalue weighted by atomic mass is 16.2. The van der Waals surface area contributed by atoms with Crippen LogP contribution in [0.1, 0.15) is 13.8 Å². The van der Waals surface area contributed by atoms with Gasteiger partial charge in [0.05, 0.1) is 6.07 Å². The Balaban J connectivity index is 0. The Morgan fingerprint density at radius 3 is 2.36 bits per heavy atom. The van der Waals surface area contributed by atoms with Gasteiger partial charge < -0.3 is 10.6 Å². The van der Waals surface area contributed by atoms with E-state index in [1.165, 1.54) is 6.08 Å². The average Bonchev–Trinajstić information content (AvgIpc) is 2.17. The second kappa shape index (κ2) is 13.7. The summed E-state index contributed by atoms with van der Waals surface area (Å²) in [4.78, 5) is 22.7. The second-order valence-corrected chi connectivity index (χ2v) is 1.94. The summed E-state index contributed by atoms with van der Waals surface area (Å²) in [5.74, 6) is 0. The molecule has 6 nitrogen and oxygen atoms in total. The van der Waals surface area contributed by atoms with E-state index >= 15 is 0 Å². The highest BCUT2D eigenvalue weighted by Crippen LogP contribution is 1.60. The number of isocyanates is 1. The molecule has 0 radical (unpaired) electrons. The summed E-state index contributed by atoms with van der Waals surface area (Å²) in [7, 11) is 0. The van der Waals surface area contributed by atoms with Gasteiger partial charge in [0, 0.05) is 13.1 Å². The minimum atomic E-state index is -0.293. The van der Waals surface area contributed by atoms with Crippen LogP contribution in [0.5, 0.6) is 0 Å². The average molecular weight is 198 g/mol. The van der Waals surface area contributed by atoms with Crippen LogP contribution >= 0.6 is 0 Å². The number of nitrogens with one attached hydrogen (secondary N) is 2. The Kier molecular flexibility index (Phi) is 14.4. The minimum Gasteiger partial charge on any atom is -0.338 e. The molecule has 2 N–H and O–H groups in total. The first kappa shape index (κ1) is 14.7. The Bertz CT molecular complexity index is 228. The Morgan fingerprint density at radius 2 is 2.07 bits per heavy atom. The number of carbonyl (C=O) groups is 1. The topological polar surface area (TPSA) is 94.3 Å². The lowest BCUT2D eigenvalue weighted by molar-refractivity contribution is 0.242. The van der Waals surface area contributed by atoms with Crippen LogP contribution in [0.4, 0.5) is 4.79 Å². The van der Waals surface area contributed by atoms with Gasteiger partial charge in [0.2, 0.25) is 6.08 Å². The number of rotatable bonds is 3. The maximum Gasteiger partial charge on any atom is 0.315 e. The predicted molar refractivity (Wildman–Crippen MR) is 51.4 cm³/mol. The SMILES string of the molecule is CCN=C=O.CCNC(=O)NCC#N. The summed E-state index contributed by atoms with van der Waals surface area (Å²) in [5.41, 5.74) is 0. The molecule has 78 valence electrons. The van der Waals surface area contributed by atoms with E-state index in [9.17, 15) is 4.79 Å². The largest absolute Gasteiger partial charge is 0.338 e. The molecule has 0 unspecified atom stereocenters. The van der Waals surface area contributed by atoms with Crippen LogP contribution < -0.4 is 10.6 Å². The van der Waals surface area contributed by atoms with Crippen LogP contribution in [0.2, 0.25) is 0 Å². The molecule has 0 aromatic rings. The van der Waals surface area contributed by atoms with Gasteiger partial charge in [-0.15, -0.1) is 0 Å². The van der Waals surface area contributed by atoms with Crippen molar-refractivity contribution in [2.24, 2.45) is 4.99 Å². The van der Waals surface area contributed by atoms with Crippen LogP contribution in [0, 0.1) is 11.3 Å². The van der Waals surface area contributed by atoms with Gasteiger partial charge in [-0.1, -0.05) is 0 Å². The molecule has 0 aliphatic heterocycles. The summed E-state index contributed by atoms with van der Waals surface area (Å²) in [5, 5.41) is 12.8. The first-order valence-electron chi connectivity index (χ1n) is 4.15. The van der Waals surface area contributed by atoms with Gasteiger partial charge in [-0.25, -0.2) is 14.6 Å². The van der Waals surface area contributed by atoms with Crippen LogP contribution in [-0.4, -0.2) is 31.7 Å². The van der Waals surface area contributed by atoms with E-state index in [0.29, 0.717) is 13.1 Å². The van der Waals surface area contributed by atoms with Crippen molar-refractivity contribution in [1.82, 2.24) is 10.6 Å². The molecule has 0 spiro atoms.